The maximum atomic E-state index is 6.33. The molecule has 0 aromatic heterocycles. The van der Waals surface area contributed by atoms with Crippen LogP contribution in [0, 0.1) is 0 Å². The smallest absolute Gasteiger partial charge is 0.208 e. The normalized spacial score (nSPS) is 23.4. The van der Waals surface area contributed by atoms with Crippen LogP contribution < -0.4 is 5.32 Å². The van der Waals surface area contributed by atoms with Gasteiger partial charge in [-0.3, -0.25) is 0 Å². The van der Waals surface area contributed by atoms with E-state index in [2.05, 4.69) is 39.6 Å². The SMILES string of the molecule is CSc1ccc(NC2COC(CBr)(c3ccc(Cl)cc3Cl)O2)cc1. The maximum Gasteiger partial charge on any atom is 0.208 e. The Labute approximate surface area is 164 Å². The van der Waals surface area contributed by atoms with Gasteiger partial charge in [-0.25, -0.2) is 0 Å². The zero-order chi connectivity index (χ0) is 17.2. The maximum absolute atomic E-state index is 6.33. The third kappa shape index (κ3) is 3.87. The van der Waals surface area contributed by atoms with Crippen molar-refractivity contribution in [3.8, 4) is 0 Å². The number of hydrogen-bond donors (Lipinski definition) is 1. The highest BCUT2D eigenvalue weighted by Gasteiger charge is 2.44. The summed E-state index contributed by atoms with van der Waals surface area (Å²) in [5, 5.41) is 4.90. The van der Waals surface area contributed by atoms with Gasteiger partial charge in [0.1, 0.15) is 0 Å². The van der Waals surface area contributed by atoms with Gasteiger partial charge in [0.15, 0.2) is 6.23 Å². The lowest BCUT2D eigenvalue weighted by Crippen LogP contribution is -2.32. The van der Waals surface area contributed by atoms with Crippen LogP contribution >= 0.6 is 50.9 Å². The van der Waals surface area contributed by atoms with Crippen molar-refractivity contribution in [2.75, 3.05) is 23.5 Å². The molecule has 3 nitrogen and oxygen atoms in total. The first-order chi connectivity index (χ1) is 11.6. The minimum absolute atomic E-state index is 0.269. The second kappa shape index (κ2) is 7.85. The molecule has 1 heterocycles. The first kappa shape index (κ1) is 18.4. The molecule has 7 heteroatoms. The summed E-state index contributed by atoms with van der Waals surface area (Å²) in [5.41, 5.74) is 1.74. The first-order valence-corrected chi connectivity index (χ1v) is 10.4. The molecule has 24 heavy (non-hydrogen) atoms. The molecular weight excluding hydrogens is 433 g/mol. The molecule has 0 saturated carbocycles. The lowest BCUT2D eigenvalue weighted by Gasteiger charge is -2.27. The number of benzene rings is 2. The van der Waals surface area contributed by atoms with Crippen molar-refractivity contribution in [2.24, 2.45) is 0 Å². The molecular formula is C17H16BrCl2NO2S. The molecule has 1 fully saturated rings. The standard InChI is InChI=1S/C17H16BrCl2NO2S/c1-24-13-5-3-12(4-6-13)21-16-9-22-17(10-18,23-16)14-7-2-11(19)8-15(14)20/h2-8,16,21H,9-10H2,1H3. The van der Waals surface area contributed by atoms with Crippen molar-refractivity contribution >= 4 is 56.6 Å². The van der Waals surface area contributed by atoms with E-state index in [1.54, 1.807) is 23.9 Å². The number of nitrogens with one attached hydrogen (secondary N) is 1. The van der Waals surface area contributed by atoms with Crippen molar-refractivity contribution in [3.05, 3.63) is 58.1 Å². The summed E-state index contributed by atoms with van der Waals surface area (Å²) in [6.07, 6.45) is 1.78. The van der Waals surface area contributed by atoms with Crippen molar-refractivity contribution in [1.82, 2.24) is 0 Å². The van der Waals surface area contributed by atoms with E-state index >= 15 is 0 Å². The average molecular weight is 449 g/mol. The molecule has 0 aliphatic carbocycles. The van der Waals surface area contributed by atoms with Crippen LogP contribution in [-0.2, 0) is 15.3 Å². The summed E-state index contributed by atoms with van der Waals surface area (Å²) in [4.78, 5) is 1.21. The molecule has 1 aliphatic heterocycles. The van der Waals surface area contributed by atoms with Crippen molar-refractivity contribution in [2.45, 2.75) is 16.9 Å². The molecule has 2 aromatic carbocycles. The van der Waals surface area contributed by atoms with Crippen molar-refractivity contribution in [3.63, 3.8) is 0 Å². The Balaban J connectivity index is 1.76. The zero-order valence-corrected chi connectivity index (χ0v) is 16.8. The van der Waals surface area contributed by atoms with Gasteiger partial charge in [0.2, 0.25) is 5.79 Å². The summed E-state index contributed by atoms with van der Waals surface area (Å²) in [7, 11) is 0. The van der Waals surface area contributed by atoms with E-state index in [1.165, 1.54) is 4.90 Å². The fourth-order valence-electron chi connectivity index (χ4n) is 2.53. The van der Waals surface area contributed by atoms with Crippen LogP contribution in [0.25, 0.3) is 0 Å². The Bertz CT molecular complexity index is 716. The molecule has 128 valence electrons. The predicted octanol–water partition coefficient (Wildman–Crippen LogP) is 5.75. The first-order valence-electron chi connectivity index (χ1n) is 7.30. The number of anilines is 1. The number of halogens is 3. The lowest BCUT2D eigenvalue weighted by atomic mass is 10.1. The Morgan fingerprint density at radius 2 is 2.00 bits per heavy atom. The number of hydrogen-bond acceptors (Lipinski definition) is 4. The summed E-state index contributed by atoms with van der Waals surface area (Å²) >= 11 is 17.5. The van der Waals surface area contributed by atoms with Gasteiger partial charge in [-0.2, -0.15) is 0 Å². The largest absolute Gasteiger partial charge is 0.358 e. The van der Waals surface area contributed by atoms with Crippen LogP contribution in [0.3, 0.4) is 0 Å². The van der Waals surface area contributed by atoms with Gasteiger partial charge in [0.25, 0.3) is 0 Å². The number of ether oxygens (including phenoxy) is 2. The lowest BCUT2D eigenvalue weighted by molar-refractivity contribution is -0.153. The fourth-order valence-corrected chi connectivity index (χ4v) is 4.09. The van der Waals surface area contributed by atoms with Crippen molar-refractivity contribution in [1.29, 1.82) is 0 Å². The molecule has 0 bridgehead atoms. The monoisotopic (exact) mass is 447 g/mol. The molecule has 0 spiro atoms. The number of thioether (sulfide) groups is 1. The second-order valence-electron chi connectivity index (χ2n) is 5.30. The minimum Gasteiger partial charge on any atom is -0.358 e. The number of rotatable bonds is 5. The van der Waals surface area contributed by atoms with Gasteiger partial charge >= 0.3 is 0 Å². The van der Waals surface area contributed by atoms with E-state index in [1.807, 2.05) is 18.2 Å². The fraction of sp³-hybridized carbons (Fsp3) is 0.294. The number of alkyl halides is 1. The van der Waals surface area contributed by atoms with Gasteiger partial charge < -0.3 is 14.8 Å². The highest BCUT2D eigenvalue weighted by atomic mass is 79.9. The quantitative estimate of drug-likeness (QED) is 0.466. The molecule has 0 radical (unpaired) electrons. The van der Waals surface area contributed by atoms with Crippen LogP contribution in [0.15, 0.2) is 47.4 Å². The van der Waals surface area contributed by atoms with Gasteiger partial charge in [0.05, 0.1) is 17.0 Å². The van der Waals surface area contributed by atoms with E-state index < -0.39 is 5.79 Å². The minimum atomic E-state index is -0.932. The van der Waals surface area contributed by atoms with E-state index in [-0.39, 0.29) is 6.23 Å². The van der Waals surface area contributed by atoms with Crippen LogP contribution in [0.5, 0.6) is 0 Å². The Hall–Kier alpha value is -0.430. The molecule has 0 amide bonds. The van der Waals surface area contributed by atoms with Crippen LogP contribution in [0.4, 0.5) is 5.69 Å². The summed E-state index contributed by atoms with van der Waals surface area (Å²) in [5.74, 6) is -0.932. The molecule has 2 atom stereocenters. The topological polar surface area (TPSA) is 30.5 Å². The average Bonchev–Trinajstić information content (AvgIpc) is 2.99. The van der Waals surface area contributed by atoms with E-state index in [9.17, 15) is 0 Å². The third-order valence-electron chi connectivity index (χ3n) is 3.74. The van der Waals surface area contributed by atoms with E-state index in [0.29, 0.717) is 22.0 Å². The van der Waals surface area contributed by atoms with Crippen LogP contribution in [-0.4, -0.2) is 24.4 Å². The third-order valence-corrected chi connectivity index (χ3v) is 5.77. The van der Waals surface area contributed by atoms with Crippen LogP contribution in [0.1, 0.15) is 5.56 Å². The van der Waals surface area contributed by atoms with E-state index in [4.69, 9.17) is 32.7 Å². The summed E-state index contributed by atoms with van der Waals surface area (Å²) in [6.45, 7) is 0.412. The van der Waals surface area contributed by atoms with Crippen LogP contribution in [0.2, 0.25) is 10.0 Å². The zero-order valence-electron chi connectivity index (χ0n) is 12.9. The van der Waals surface area contributed by atoms with Gasteiger partial charge in [-0.15, -0.1) is 11.8 Å². The van der Waals surface area contributed by atoms with Gasteiger partial charge in [0, 0.05) is 21.2 Å². The molecule has 1 saturated heterocycles. The highest BCUT2D eigenvalue weighted by molar-refractivity contribution is 9.09. The highest BCUT2D eigenvalue weighted by Crippen LogP contribution is 2.40. The Morgan fingerprint density at radius 3 is 2.62 bits per heavy atom. The van der Waals surface area contributed by atoms with Gasteiger partial charge in [-0.1, -0.05) is 45.2 Å². The molecule has 1 N–H and O–H groups in total. The summed E-state index contributed by atoms with van der Waals surface area (Å²) in [6, 6.07) is 13.5. The predicted molar refractivity (Wildman–Crippen MR) is 105 cm³/mol. The Morgan fingerprint density at radius 1 is 1.25 bits per heavy atom. The van der Waals surface area contributed by atoms with Gasteiger partial charge in [-0.05, 0) is 42.7 Å². The molecule has 1 aliphatic rings. The molecule has 3 rings (SSSR count). The molecule has 2 aromatic rings. The summed E-state index contributed by atoms with van der Waals surface area (Å²) < 4.78 is 12.1. The Kier molecular flexibility index (Phi) is 6.01. The molecule has 2 unspecified atom stereocenters. The van der Waals surface area contributed by atoms with Crippen molar-refractivity contribution < 1.29 is 9.47 Å². The van der Waals surface area contributed by atoms with E-state index in [0.717, 1.165) is 11.3 Å². The second-order valence-corrected chi connectivity index (χ2v) is 7.59.